The van der Waals surface area contributed by atoms with Gasteiger partial charge in [0, 0.05) is 21.8 Å². The number of nitrogens with one attached hydrogen (secondary N) is 1. The highest BCUT2D eigenvalue weighted by molar-refractivity contribution is 6.30. The van der Waals surface area contributed by atoms with Crippen molar-refractivity contribution in [1.82, 2.24) is 0 Å². The van der Waals surface area contributed by atoms with Gasteiger partial charge in [-0.15, -0.1) is 0 Å². The fourth-order valence-electron chi connectivity index (χ4n) is 2.79. The first kappa shape index (κ1) is 15.1. The van der Waals surface area contributed by atoms with Crippen LogP contribution >= 0.6 is 11.6 Å². The Hall–Kier alpha value is -1.82. The van der Waals surface area contributed by atoms with Gasteiger partial charge in [-0.05, 0) is 43.3 Å². The van der Waals surface area contributed by atoms with Gasteiger partial charge in [0.25, 0.3) is 0 Å². The fraction of sp³-hybridized carbons (Fsp3) is 0.250. The summed E-state index contributed by atoms with van der Waals surface area (Å²) in [4.78, 5) is 0. The molecule has 0 radical (unpaired) electrons. The van der Waals surface area contributed by atoms with E-state index < -0.39 is 17.6 Å². The molecular formula is C16H16ClFN2O2. The molecule has 3 rings (SSSR count). The van der Waals surface area contributed by atoms with Crippen LogP contribution in [0.3, 0.4) is 0 Å². The Morgan fingerprint density at radius 1 is 1.32 bits per heavy atom. The van der Waals surface area contributed by atoms with Gasteiger partial charge in [-0.1, -0.05) is 11.6 Å². The standard InChI is InChI=1S/C16H16ClFN2O2/c1-2-22-14-6-4-10(18)8-12(14)16(21)11-7-9(17)3-5-13(11)20-15(16)19/h3-8,15,20-21H,2,19H2,1H3. The zero-order chi connectivity index (χ0) is 15.9. The van der Waals surface area contributed by atoms with Gasteiger partial charge >= 0.3 is 0 Å². The summed E-state index contributed by atoms with van der Waals surface area (Å²) in [6, 6.07) is 9.06. The average molecular weight is 323 g/mol. The highest BCUT2D eigenvalue weighted by Crippen LogP contribution is 2.46. The lowest BCUT2D eigenvalue weighted by Crippen LogP contribution is -2.46. The van der Waals surface area contributed by atoms with Gasteiger partial charge in [-0.2, -0.15) is 0 Å². The Morgan fingerprint density at radius 3 is 2.82 bits per heavy atom. The molecule has 0 aliphatic carbocycles. The van der Waals surface area contributed by atoms with Gasteiger partial charge in [0.2, 0.25) is 0 Å². The minimum absolute atomic E-state index is 0.273. The van der Waals surface area contributed by atoms with E-state index in [0.717, 1.165) is 0 Å². The number of aliphatic hydroxyl groups is 1. The van der Waals surface area contributed by atoms with E-state index >= 15 is 0 Å². The molecule has 0 amide bonds. The fourth-order valence-corrected chi connectivity index (χ4v) is 2.96. The summed E-state index contributed by atoms with van der Waals surface area (Å²) in [6.45, 7) is 2.20. The van der Waals surface area contributed by atoms with Gasteiger partial charge in [-0.25, -0.2) is 4.39 Å². The van der Waals surface area contributed by atoms with E-state index in [1.165, 1.54) is 18.2 Å². The van der Waals surface area contributed by atoms with Gasteiger partial charge in [0.1, 0.15) is 17.7 Å². The second-order valence-electron chi connectivity index (χ2n) is 5.15. The van der Waals surface area contributed by atoms with Crippen LogP contribution in [0, 0.1) is 5.82 Å². The molecule has 2 aromatic rings. The normalized spacial score (nSPS) is 23.0. The van der Waals surface area contributed by atoms with Gasteiger partial charge in [-0.3, -0.25) is 0 Å². The highest BCUT2D eigenvalue weighted by atomic mass is 35.5. The third-order valence-electron chi connectivity index (χ3n) is 3.81. The van der Waals surface area contributed by atoms with Crippen molar-refractivity contribution in [2.24, 2.45) is 5.73 Å². The lowest BCUT2D eigenvalue weighted by molar-refractivity contribution is 0.0664. The summed E-state index contributed by atoms with van der Waals surface area (Å²) in [7, 11) is 0. The summed E-state index contributed by atoms with van der Waals surface area (Å²) in [5.41, 5.74) is 5.88. The zero-order valence-electron chi connectivity index (χ0n) is 11.9. The molecule has 22 heavy (non-hydrogen) atoms. The van der Waals surface area contributed by atoms with Crippen molar-refractivity contribution in [2.45, 2.75) is 18.7 Å². The molecule has 2 atom stereocenters. The van der Waals surface area contributed by atoms with Crippen LogP contribution in [0.1, 0.15) is 18.1 Å². The van der Waals surface area contributed by atoms with Crippen molar-refractivity contribution >= 4 is 17.3 Å². The van der Waals surface area contributed by atoms with Crippen LogP contribution in [0.25, 0.3) is 0 Å². The molecule has 116 valence electrons. The first-order valence-electron chi connectivity index (χ1n) is 6.94. The molecule has 0 saturated heterocycles. The zero-order valence-corrected chi connectivity index (χ0v) is 12.7. The number of rotatable bonds is 3. The van der Waals surface area contributed by atoms with E-state index in [1.807, 2.05) is 6.92 Å². The second-order valence-corrected chi connectivity index (χ2v) is 5.59. The summed E-state index contributed by atoms with van der Waals surface area (Å²) < 4.78 is 19.3. The van der Waals surface area contributed by atoms with Gasteiger partial charge in [0.15, 0.2) is 5.60 Å². The van der Waals surface area contributed by atoms with Gasteiger partial charge < -0.3 is 20.9 Å². The van der Waals surface area contributed by atoms with E-state index in [4.69, 9.17) is 22.1 Å². The maximum atomic E-state index is 13.7. The summed E-state index contributed by atoms with van der Waals surface area (Å²) in [5, 5.41) is 14.7. The number of anilines is 1. The number of halogens is 2. The third-order valence-corrected chi connectivity index (χ3v) is 4.04. The number of hydrogen-bond acceptors (Lipinski definition) is 4. The highest BCUT2D eigenvalue weighted by Gasteiger charge is 2.47. The van der Waals surface area contributed by atoms with Crippen LogP contribution in [-0.4, -0.2) is 17.9 Å². The lowest BCUT2D eigenvalue weighted by atomic mass is 9.85. The SMILES string of the molecule is CCOc1ccc(F)cc1C1(O)c2cc(Cl)ccc2NC1N. The first-order chi connectivity index (χ1) is 10.5. The molecule has 1 heterocycles. The van der Waals surface area contributed by atoms with E-state index in [2.05, 4.69) is 5.32 Å². The third kappa shape index (κ3) is 2.22. The Balaban J connectivity index is 2.23. The van der Waals surface area contributed by atoms with Crippen molar-refractivity contribution < 1.29 is 14.2 Å². The van der Waals surface area contributed by atoms with E-state index in [-0.39, 0.29) is 5.56 Å². The minimum atomic E-state index is -1.63. The monoisotopic (exact) mass is 322 g/mol. The largest absolute Gasteiger partial charge is 0.493 e. The average Bonchev–Trinajstić information content (AvgIpc) is 2.74. The minimum Gasteiger partial charge on any atom is -0.493 e. The van der Waals surface area contributed by atoms with Crippen molar-refractivity contribution in [2.75, 3.05) is 11.9 Å². The van der Waals surface area contributed by atoms with Crippen molar-refractivity contribution in [3.63, 3.8) is 0 Å². The summed E-state index contributed by atoms with van der Waals surface area (Å²) in [5.74, 6) is -0.0916. The Morgan fingerprint density at radius 2 is 2.09 bits per heavy atom. The van der Waals surface area contributed by atoms with Crippen molar-refractivity contribution in [1.29, 1.82) is 0 Å². The quantitative estimate of drug-likeness (QED) is 0.813. The summed E-state index contributed by atoms with van der Waals surface area (Å²) >= 11 is 6.03. The molecule has 1 aliphatic heterocycles. The molecule has 0 aromatic heterocycles. The molecule has 0 fully saturated rings. The number of nitrogens with two attached hydrogens (primary N) is 1. The van der Waals surface area contributed by atoms with E-state index in [9.17, 15) is 9.50 Å². The van der Waals surface area contributed by atoms with Crippen LogP contribution in [0.2, 0.25) is 5.02 Å². The van der Waals surface area contributed by atoms with Crippen LogP contribution in [0.4, 0.5) is 10.1 Å². The smallest absolute Gasteiger partial charge is 0.153 e. The second kappa shape index (κ2) is 5.43. The van der Waals surface area contributed by atoms with E-state index in [0.29, 0.717) is 28.6 Å². The first-order valence-corrected chi connectivity index (χ1v) is 7.32. The van der Waals surface area contributed by atoms with Crippen molar-refractivity contribution in [3.8, 4) is 5.75 Å². The molecule has 2 unspecified atom stereocenters. The molecule has 2 aromatic carbocycles. The van der Waals surface area contributed by atoms with Gasteiger partial charge in [0.05, 0.1) is 6.61 Å². The summed E-state index contributed by atoms with van der Waals surface area (Å²) in [6.07, 6.45) is -0.845. The topological polar surface area (TPSA) is 67.5 Å². The maximum absolute atomic E-state index is 13.7. The molecule has 6 heteroatoms. The van der Waals surface area contributed by atoms with E-state index in [1.54, 1.807) is 18.2 Å². The number of ether oxygens (including phenoxy) is 1. The Bertz CT molecular complexity index is 725. The predicted molar refractivity (Wildman–Crippen MR) is 83.6 cm³/mol. The van der Waals surface area contributed by atoms with Crippen molar-refractivity contribution in [3.05, 3.63) is 58.4 Å². The number of fused-ring (bicyclic) bond motifs is 1. The Labute approximate surface area is 132 Å². The molecule has 0 spiro atoms. The van der Waals surface area contributed by atoms with Crippen LogP contribution in [0.5, 0.6) is 5.75 Å². The van der Waals surface area contributed by atoms with Crippen LogP contribution in [0.15, 0.2) is 36.4 Å². The predicted octanol–water partition coefficient (Wildman–Crippen LogP) is 2.82. The number of hydrogen-bond donors (Lipinski definition) is 3. The Kier molecular flexibility index (Phi) is 3.72. The molecule has 4 nitrogen and oxygen atoms in total. The molecule has 0 saturated carbocycles. The lowest BCUT2D eigenvalue weighted by Gasteiger charge is -2.30. The molecule has 0 bridgehead atoms. The van der Waals surface area contributed by atoms with Crippen LogP contribution in [-0.2, 0) is 5.60 Å². The molecule has 1 aliphatic rings. The van der Waals surface area contributed by atoms with Crippen LogP contribution < -0.4 is 15.8 Å². The maximum Gasteiger partial charge on any atom is 0.153 e. The number of benzene rings is 2. The molecule has 4 N–H and O–H groups in total. The molecular weight excluding hydrogens is 307 g/mol.